The first-order valence-corrected chi connectivity index (χ1v) is 7.17. The Balaban J connectivity index is 1.62. The van der Waals surface area contributed by atoms with Crippen LogP contribution in [0.4, 0.5) is 5.69 Å². The molecule has 0 bridgehead atoms. The largest absolute Gasteiger partial charge is 0.371 e. The standard InChI is InChI=1S/C18H21N/c1-15-7-9-18(10-8-15)19-12-11-17(14-19)13-16-5-3-2-4-6-16/h2-10,17H,11-14H2,1H3. The fourth-order valence-electron chi connectivity index (χ4n) is 2.94. The summed E-state index contributed by atoms with van der Waals surface area (Å²) in [6, 6.07) is 19.8. The second-order valence-corrected chi connectivity index (χ2v) is 5.63. The van der Waals surface area contributed by atoms with E-state index in [1.54, 1.807) is 0 Å². The normalized spacial score (nSPS) is 18.8. The van der Waals surface area contributed by atoms with E-state index in [0.717, 1.165) is 5.92 Å². The molecule has 19 heavy (non-hydrogen) atoms. The van der Waals surface area contributed by atoms with Crippen molar-refractivity contribution in [2.24, 2.45) is 5.92 Å². The molecule has 0 aromatic heterocycles. The maximum absolute atomic E-state index is 2.52. The van der Waals surface area contributed by atoms with Gasteiger partial charge >= 0.3 is 0 Å². The van der Waals surface area contributed by atoms with E-state index in [1.807, 2.05) is 0 Å². The SMILES string of the molecule is Cc1ccc(N2CCC(Cc3ccccc3)C2)cc1. The maximum atomic E-state index is 2.52. The van der Waals surface area contributed by atoms with Crippen LogP contribution in [0.3, 0.4) is 0 Å². The minimum atomic E-state index is 0.795. The summed E-state index contributed by atoms with van der Waals surface area (Å²) < 4.78 is 0. The average Bonchev–Trinajstić information content (AvgIpc) is 2.89. The molecule has 1 fully saturated rings. The smallest absolute Gasteiger partial charge is 0.0366 e. The van der Waals surface area contributed by atoms with Crippen molar-refractivity contribution in [1.29, 1.82) is 0 Å². The van der Waals surface area contributed by atoms with E-state index in [9.17, 15) is 0 Å². The third kappa shape index (κ3) is 2.98. The molecule has 1 aliphatic rings. The number of benzene rings is 2. The Morgan fingerprint density at radius 2 is 1.74 bits per heavy atom. The number of rotatable bonds is 3. The monoisotopic (exact) mass is 251 g/mol. The molecule has 1 nitrogen and oxygen atoms in total. The Kier molecular flexibility index (Phi) is 3.54. The molecular formula is C18H21N. The summed E-state index contributed by atoms with van der Waals surface area (Å²) in [6.07, 6.45) is 2.52. The van der Waals surface area contributed by atoms with Crippen LogP contribution in [-0.4, -0.2) is 13.1 Å². The second kappa shape index (κ2) is 5.48. The predicted octanol–water partition coefficient (Wildman–Crippen LogP) is 4.06. The van der Waals surface area contributed by atoms with Crippen molar-refractivity contribution in [3.8, 4) is 0 Å². The number of hydrogen-bond donors (Lipinski definition) is 0. The first kappa shape index (κ1) is 12.3. The van der Waals surface area contributed by atoms with Crippen molar-refractivity contribution < 1.29 is 0 Å². The predicted molar refractivity (Wildman–Crippen MR) is 81.6 cm³/mol. The molecular weight excluding hydrogens is 230 g/mol. The van der Waals surface area contributed by atoms with Gasteiger partial charge in [0.1, 0.15) is 0 Å². The third-order valence-electron chi connectivity index (χ3n) is 4.05. The van der Waals surface area contributed by atoms with E-state index >= 15 is 0 Å². The van der Waals surface area contributed by atoms with Gasteiger partial charge in [0.15, 0.2) is 0 Å². The Hall–Kier alpha value is -1.76. The van der Waals surface area contributed by atoms with Crippen molar-refractivity contribution >= 4 is 5.69 Å². The van der Waals surface area contributed by atoms with Gasteiger partial charge in [-0.15, -0.1) is 0 Å². The van der Waals surface area contributed by atoms with Crippen LogP contribution in [0.25, 0.3) is 0 Å². The summed E-state index contributed by atoms with van der Waals surface area (Å²) in [5.41, 5.74) is 4.18. The summed E-state index contributed by atoms with van der Waals surface area (Å²) in [5.74, 6) is 0.795. The zero-order valence-corrected chi connectivity index (χ0v) is 11.5. The van der Waals surface area contributed by atoms with Crippen LogP contribution in [0, 0.1) is 12.8 Å². The van der Waals surface area contributed by atoms with Crippen LogP contribution in [0.5, 0.6) is 0 Å². The highest BCUT2D eigenvalue weighted by Gasteiger charge is 2.22. The van der Waals surface area contributed by atoms with Gasteiger partial charge in [0, 0.05) is 18.8 Å². The molecule has 0 amide bonds. The maximum Gasteiger partial charge on any atom is 0.0366 e. The molecule has 1 heterocycles. The van der Waals surface area contributed by atoms with Gasteiger partial charge in [-0.3, -0.25) is 0 Å². The van der Waals surface area contributed by atoms with Gasteiger partial charge in [-0.05, 0) is 43.4 Å². The highest BCUT2D eigenvalue weighted by molar-refractivity contribution is 5.48. The first-order chi connectivity index (χ1) is 9.31. The van der Waals surface area contributed by atoms with Crippen LogP contribution in [-0.2, 0) is 6.42 Å². The van der Waals surface area contributed by atoms with Gasteiger partial charge in [-0.25, -0.2) is 0 Å². The molecule has 1 aliphatic heterocycles. The van der Waals surface area contributed by atoms with Crippen molar-refractivity contribution in [2.45, 2.75) is 19.8 Å². The van der Waals surface area contributed by atoms with Crippen molar-refractivity contribution in [1.82, 2.24) is 0 Å². The molecule has 0 saturated carbocycles. The number of anilines is 1. The first-order valence-electron chi connectivity index (χ1n) is 7.17. The highest BCUT2D eigenvalue weighted by Crippen LogP contribution is 2.26. The fraction of sp³-hybridized carbons (Fsp3) is 0.333. The molecule has 2 aromatic rings. The minimum absolute atomic E-state index is 0.795. The zero-order valence-electron chi connectivity index (χ0n) is 11.5. The van der Waals surface area contributed by atoms with Crippen LogP contribution in [0.2, 0.25) is 0 Å². The van der Waals surface area contributed by atoms with E-state index in [2.05, 4.69) is 66.4 Å². The Bertz CT molecular complexity index is 515. The number of aryl methyl sites for hydroxylation is 1. The molecule has 1 atom stereocenters. The topological polar surface area (TPSA) is 3.24 Å². The minimum Gasteiger partial charge on any atom is -0.371 e. The molecule has 98 valence electrons. The summed E-state index contributed by atoms with van der Waals surface area (Å²) in [6.45, 7) is 4.53. The van der Waals surface area contributed by atoms with Gasteiger partial charge in [-0.1, -0.05) is 48.0 Å². The second-order valence-electron chi connectivity index (χ2n) is 5.63. The summed E-state index contributed by atoms with van der Waals surface area (Å²) in [4.78, 5) is 2.52. The van der Waals surface area contributed by atoms with E-state index in [4.69, 9.17) is 0 Å². The lowest BCUT2D eigenvalue weighted by atomic mass is 9.99. The Labute approximate surface area is 115 Å². The Morgan fingerprint density at radius 1 is 1.00 bits per heavy atom. The third-order valence-corrected chi connectivity index (χ3v) is 4.05. The molecule has 3 rings (SSSR count). The number of hydrogen-bond acceptors (Lipinski definition) is 1. The molecule has 2 aromatic carbocycles. The molecule has 0 radical (unpaired) electrons. The lowest BCUT2D eigenvalue weighted by molar-refractivity contribution is 0.586. The van der Waals surface area contributed by atoms with Gasteiger partial charge in [0.2, 0.25) is 0 Å². The molecule has 1 heteroatoms. The lowest BCUT2D eigenvalue weighted by Crippen LogP contribution is -2.20. The van der Waals surface area contributed by atoms with E-state index in [0.29, 0.717) is 0 Å². The van der Waals surface area contributed by atoms with Crippen molar-refractivity contribution in [3.05, 3.63) is 65.7 Å². The average molecular weight is 251 g/mol. The van der Waals surface area contributed by atoms with Crippen LogP contribution < -0.4 is 4.90 Å². The molecule has 0 N–H and O–H groups in total. The van der Waals surface area contributed by atoms with Crippen molar-refractivity contribution in [3.63, 3.8) is 0 Å². The van der Waals surface area contributed by atoms with E-state index in [1.165, 1.54) is 42.7 Å². The molecule has 1 unspecified atom stereocenters. The van der Waals surface area contributed by atoms with Gasteiger partial charge in [0.25, 0.3) is 0 Å². The zero-order chi connectivity index (χ0) is 13.1. The quantitative estimate of drug-likeness (QED) is 0.795. The summed E-state index contributed by atoms with van der Waals surface area (Å²) in [5, 5.41) is 0. The van der Waals surface area contributed by atoms with Gasteiger partial charge in [0.05, 0.1) is 0 Å². The van der Waals surface area contributed by atoms with Crippen LogP contribution >= 0.6 is 0 Å². The van der Waals surface area contributed by atoms with E-state index < -0.39 is 0 Å². The highest BCUT2D eigenvalue weighted by atomic mass is 15.1. The van der Waals surface area contributed by atoms with Gasteiger partial charge in [-0.2, -0.15) is 0 Å². The van der Waals surface area contributed by atoms with Crippen molar-refractivity contribution in [2.75, 3.05) is 18.0 Å². The fourth-order valence-corrected chi connectivity index (χ4v) is 2.94. The number of nitrogens with zero attached hydrogens (tertiary/aromatic N) is 1. The molecule has 1 saturated heterocycles. The van der Waals surface area contributed by atoms with Gasteiger partial charge < -0.3 is 4.90 Å². The molecule has 0 aliphatic carbocycles. The molecule has 0 spiro atoms. The Morgan fingerprint density at radius 3 is 2.47 bits per heavy atom. The van der Waals surface area contributed by atoms with Crippen LogP contribution in [0.1, 0.15) is 17.5 Å². The summed E-state index contributed by atoms with van der Waals surface area (Å²) >= 11 is 0. The van der Waals surface area contributed by atoms with Crippen LogP contribution in [0.15, 0.2) is 54.6 Å². The van der Waals surface area contributed by atoms with E-state index in [-0.39, 0.29) is 0 Å². The lowest BCUT2D eigenvalue weighted by Gasteiger charge is -2.19. The summed E-state index contributed by atoms with van der Waals surface area (Å²) in [7, 11) is 0.